The number of rotatable bonds is 5. The Hall–Kier alpha value is -0.380. The Balaban J connectivity index is 1.60. The molecule has 0 saturated heterocycles. The Kier molecular flexibility index (Phi) is 6.01. The zero-order valence-corrected chi connectivity index (χ0v) is 20.8. The number of allylic oxidation sites excluding steroid dienone is 1. The second kappa shape index (κ2) is 7.84. The van der Waals surface area contributed by atoms with Gasteiger partial charge in [-0.05, 0) is 124 Å². The summed E-state index contributed by atoms with van der Waals surface area (Å²) in [6, 6.07) is 0. The smallest absolute Gasteiger partial charge is 0.0653 e. The summed E-state index contributed by atoms with van der Waals surface area (Å²) in [6.07, 6.45) is 10.6. The van der Waals surface area contributed by atoms with Crippen LogP contribution in [0, 0.1) is 39.9 Å². The van der Waals surface area contributed by atoms with Crippen LogP contribution in [0.3, 0.4) is 0 Å². The minimum absolute atomic E-state index is 0.123. The van der Waals surface area contributed by atoms with Crippen molar-refractivity contribution in [2.45, 2.75) is 123 Å². The zero-order valence-electron chi connectivity index (χ0n) is 20.8. The van der Waals surface area contributed by atoms with Crippen molar-refractivity contribution >= 4 is 0 Å². The first-order chi connectivity index (χ1) is 14.3. The van der Waals surface area contributed by atoms with Gasteiger partial charge < -0.3 is 15.3 Å². The van der Waals surface area contributed by atoms with Crippen LogP contribution in [0.15, 0.2) is 12.2 Å². The molecule has 3 N–H and O–H groups in total. The van der Waals surface area contributed by atoms with Crippen LogP contribution < -0.4 is 0 Å². The van der Waals surface area contributed by atoms with Crippen LogP contribution in [0.4, 0.5) is 0 Å². The summed E-state index contributed by atoms with van der Waals surface area (Å²) in [7, 11) is 0. The van der Waals surface area contributed by atoms with Gasteiger partial charge in [-0.15, -0.1) is 6.58 Å². The quantitative estimate of drug-likeness (QED) is 0.477. The third kappa shape index (κ3) is 3.56. The number of hydrogen-bond donors (Lipinski definition) is 3. The van der Waals surface area contributed by atoms with E-state index in [1.54, 1.807) is 0 Å². The van der Waals surface area contributed by atoms with Gasteiger partial charge >= 0.3 is 0 Å². The van der Waals surface area contributed by atoms with Crippen molar-refractivity contribution in [3.8, 4) is 0 Å². The van der Waals surface area contributed by atoms with Crippen LogP contribution >= 0.6 is 0 Å². The number of aliphatic hydroxyl groups excluding tert-OH is 2. The van der Waals surface area contributed by atoms with E-state index in [1.807, 2.05) is 0 Å². The lowest BCUT2D eigenvalue weighted by atomic mass is 9.39. The van der Waals surface area contributed by atoms with Crippen molar-refractivity contribution < 1.29 is 15.3 Å². The minimum atomic E-state index is -0.635. The second-order valence-electron chi connectivity index (χ2n) is 13.2. The number of hydrogen-bond acceptors (Lipinski definition) is 3. The zero-order chi connectivity index (χ0) is 22.8. The predicted octanol–water partition coefficient (Wildman–Crippen LogP) is 5.86. The van der Waals surface area contributed by atoms with Crippen LogP contribution in [-0.4, -0.2) is 33.1 Å². The van der Waals surface area contributed by atoms with Gasteiger partial charge in [0.15, 0.2) is 0 Å². The van der Waals surface area contributed by atoms with Crippen LogP contribution in [0.25, 0.3) is 0 Å². The molecule has 10 atom stereocenters. The molecular weight excluding hydrogens is 384 g/mol. The van der Waals surface area contributed by atoms with Crippen molar-refractivity contribution in [2.75, 3.05) is 0 Å². The van der Waals surface area contributed by atoms with Crippen LogP contribution in [0.2, 0.25) is 0 Å². The molecular formula is C28H48O3. The standard InChI is InChI=1S/C28H48O3/c1-18(2)8-7-12-28(6,31)24-11-15-26(4)21-17-23(30)22-16-19(29)9-13-25(22,3)20(21)10-14-27(24,26)5/h19-24,29-31H,1,7-17H2,2-6H3/t19-,20-,21?,22+,23-,24-,25+,26-,27+,28-/m0/s1. The molecule has 0 radical (unpaired) electrons. The molecule has 0 heterocycles. The molecule has 178 valence electrons. The molecule has 0 spiro atoms. The summed E-state index contributed by atoms with van der Waals surface area (Å²) in [4.78, 5) is 0. The maximum absolute atomic E-state index is 11.7. The minimum Gasteiger partial charge on any atom is -0.393 e. The average molecular weight is 433 g/mol. The average Bonchev–Trinajstić information content (AvgIpc) is 2.95. The fourth-order valence-electron chi connectivity index (χ4n) is 9.57. The van der Waals surface area contributed by atoms with Gasteiger partial charge in [0, 0.05) is 0 Å². The summed E-state index contributed by atoms with van der Waals surface area (Å²) in [5.74, 6) is 1.73. The van der Waals surface area contributed by atoms with E-state index in [-0.39, 0.29) is 34.4 Å². The lowest BCUT2D eigenvalue weighted by molar-refractivity contribution is -0.206. The first kappa shape index (κ1) is 23.8. The first-order valence-corrected chi connectivity index (χ1v) is 13.1. The van der Waals surface area contributed by atoms with Gasteiger partial charge in [-0.25, -0.2) is 0 Å². The van der Waals surface area contributed by atoms with Crippen molar-refractivity contribution in [1.29, 1.82) is 0 Å². The van der Waals surface area contributed by atoms with Crippen molar-refractivity contribution in [1.82, 2.24) is 0 Å². The lowest BCUT2D eigenvalue weighted by Crippen LogP contribution is -2.62. The van der Waals surface area contributed by atoms with Gasteiger partial charge in [0.25, 0.3) is 0 Å². The molecule has 31 heavy (non-hydrogen) atoms. The molecule has 0 bridgehead atoms. The van der Waals surface area contributed by atoms with E-state index in [2.05, 4.69) is 41.2 Å². The molecule has 4 rings (SSSR count). The maximum Gasteiger partial charge on any atom is 0.0653 e. The van der Waals surface area contributed by atoms with E-state index < -0.39 is 5.60 Å². The summed E-state index contributed by atoms with van der Waals surface area (Å²) in [5, 5.41) is 33.2. The highest BCUT2D eigenvalue weighted by Gasteiger charge is 2.68. The maximum atomic E-state index is 11.7. The molecule has 0 amide bonds. The van der Waals surface area contributed by atoms with E-state index in [9.17, 15) is 15.3 Å². The van der Waals surface area contributed by atoms with Crippen molar-refractivity contribution in [2.24, 2.45) is 39.9 Å². The van der Waals surface area contributed by atoms with Gasteiger partial charge in [-0.3, -0.25) is 0 Å². The van der Waals surface area contributed by atoms with Crippen molar-refractivity contribution in [3.05, 3.63) is 12.2 Å². The Bertz CT molecular complexity index is 700. The fraction of sp³-hybridized carbons (Fsp3) is 0.929. The first-order valence-electron chi connectivity index (χ1n) is 13.1. The van der Waals surface area contributed by atoms with Crippen LogP contribution in [-0.2, 0) is 0 Å². The molecule has 0 aromatic carbocycles. The van der Waals surface area contributed by atoms with Gasteiger partial charge in [-0.2, -0.15) is 0 Å². The molecule has 4 fully saturated rings. The SMILES string of the molecule is C=C(C)CCC[C@](C)(O)[C@H]1CC[C@@]2(C)C3C[C@H](O)[C@H]4C[C@@H](O)CC[C@]4(C)[C@H]3CC[C@]12C. The second-order valence-corrected chi connectivity index (χ2v) is 13.2. The van der Waals surface area contributed by atoms with Crippen molar-refractivity contribution in [3.63, 3.8) is 0 Å². The van der Waals surface area contributed by atoms with Gasteiger partial charge in [0.1, 0.15) is 0 Å². The molecule has 0 aromatic heterocycles. The third-order valence-electron chi connectivity index (χ3n) is 11.5. The van der Waals surface area contributed by atoms with Gasteiger partial charge in [0.2, 0.25) is 0 Å². The monoisotopic (exact) mass is 432 g/mol. The van der Waals surface area contributed by atoms with Gasteiger partial charge in [-0.1, -0.05) is 26.3 Å². The molecule has 3 heteroatoms. The highest BCUT2D eigenvalue weighted by Crippen LogP contribution is 2.73. The highest BCUT2D eigenvalue weighted by atomic mass is 16.3. The molecule has 0 aliphatic heterocycles. The number of aliphatic hydroxyl groups is 3. The predicted molar refractivity (Wildman–Crippen MR) is 127 cm³/mol. The van der Waals surface area contributed by atoms with Crippen LogP contribution in [0.5, 0.6) is 0 Å². The fourth-order valence-corrected chi connectivity index (χ4v) is 9.57. The Morgan fingerprint density at radius 3 is 2.29 bits per heavy atom. The summed E-state index contributed by atoms with van der Waals surface area (Å²) < 4.78 is 0. The molecule has 1 unspecified atom stereocenters. The van der Waals surface area contributed by atoms with E-state index in [1.165, 1.54) is 24.8 Å². The topological polar surface area (TPSA) is 60.7 Å². The summed E-state index contributed by atoms with van der Waals surface area (Å²) >= 11 is 0. The van der Waals surface area contributed by atoms with E-state index in [0.717, 1.165) is 51.4 Å². The largest absolute Gasteiger partial charge is 0.393 e. The summed E-state index contributed by atoms with van der Waals surface area (Å²) in [6.45, 7) is 15.6. The van der Waals surface area contributed by atoms with Crippen LogP contribution in [0.1, 0.15) is 105 Å². The number of fused-ring (bicyclic) bond motifs is 5. The van der Waals surface area contributed by atoms with Gasteiger partial charge in [0.05, 0.1) is 17.8 Å². The molecule has 4 saturated carbocycles. The Morgan fingerprint density at radius 2 is 1.61 bits per heavy atom. The van der Waals surface area contributed by atoms with E-state index in [0.29, 0.717) is 17.8 Å². The summed E-state index contributed by atoms with van der Waals surface area (Å²) in [5.41, 5.74) is 1.01. The molecule has 4 aliphatic carbocycles. The van der Waals surface area contributed by atoms with E-state index in [4.69, 9.17) is 0 Å². The molecule has 4 aliphatic rings. The Morgan fingerprint density at radius 1 is 0.935 bits per heavy atom. The molecule has 0 aromatic rings. The highest BCUT2D eigenvalue weighted by molar-refractivity contribution is 5.17. The Labute approximate surface area is 190 Å². The molecule has 3 nitrogen and oxygen atoms in total. The van der Waals surface area contributed by atoms with E-state index >= 15 is 0 Å². The lowest BCUT2D eigenvalue weighted by Gasteiger charge is -2.66. The third-order valence-corrected chi connectivity index (χ3v) is 11.5. The normalized spacial score (nSPS) is 51.4.